The van der Waals surface area contributed by atoms with Gasteiger partial charge in [0.15, 0.2) is 11.5 Å². The van der Waals surface area contributed by atoms with E-state index in [0.717, 1.165) is 54.7 Å². The Hall–Kier alpha value is -1.76. The summed E-state index contributed by atoms with van der Waals surface area (Å²) in [5.41, 5.74) is 3.11. The molecule has 1 fully saturated rings. The van der Waals surface area contributed by atoms with Crippen molar-refractivity contribution in [3.05, 3.63) is 23.4 Å². The first-order valence-corrected chi connectivity index (χ1v) is 10.7. The average molecular weight is 403 g/mol. The van der Waals surface area contributed by atoms with Gasteiger partial charge < -0.3 is 24.7 Å². The number of rotatable bonds is 6. The van der Waals surface area contributed by atoms with E-state index < -0.39 is 0 Å². The lowest BCUT2D eigenvalue weighted by molar-refractivity contribution is -0.0231. The SMILES string of the molecule is COc1cc2[nH]c3c(c2cc1OC)CCN1C[C@@H](C)CC3(CO)C1C(C)CCO. The van der Waals surface area contributed by atoms with Gasteiger partial charge in [-0.25, -0.2) is 0 Å². The molecule has 0 radical (unpaired) electrons. The monoisotopic (exact) mass is 402 g/mol. The fourth-order valence-electron chi connectivity index (χ4n) is 6.17. The quantitative estimate of drug-likeness (QED) is 0.693. The number of H-pyrrole nitrogens is 1. The highest BCUT2D eigenvalue weighted by molar-refractivity contribution is 5.88. The fourth-order valence-corrected chi connectivity index (χ4v) is 6.17. The van der Waals surface area contributed by atoms with Gasteiger partial charge in [-0.3, -0.25) is 4.90 Å². The summed E-state index contributed by atoms with van der Waals surface area (Å²) in [6.07, 6.45) is 2.62. The second-order valence-corrected chi connectivity index (χ2v) is 9.03. The minimum atomic E-state index is -0.364. The predicted molar refractivity (Wildman–Crippen MR) is 114 cm³/mol. The first-order valence-electron chi connectivity index (χ1n) is 10.7. The Labute approximate surface area is 172 Å². The van der Waals surface area contributed by atoms with Crippen LogP contribution in [0.3, 0.4) is 0 Å². The minimum absolute atomic E-state index is 0.0996. The third-order valence-corrected chi connectivity index (χ3v) is 7.18. The molecule has 5 atom stereocenters. The summed E-state index contributed by atoms with van der Waals surface area (Å²) >= 11 is 0. The van der Waals surface area contributed by atoms with Gasteiger partial charge in [0.05, 0.1) is 20.8 Å². The lowest BCUT2D eigenvalue weighted by Gasteiger charge is -2.52. The molecule has 2 aliphatic rings. The highest BCUT2D eigenvalue weighted by atomic mass is 16.5. The number of aromatic nitrogens is 1. The predicted octanol–water partition coefficient (Wildman–Crippen LogP) is 2.70. The van der Waals surface area contributed by atoms with Crippen molar-refractivity contribution in [3.63, 3.8) is 0 Å². The summed E-state index contributed by atoms with van der Waals surface area (Å²) in [5, 5.41) is 21.6. The van der Waals surface area contributed by atoms with Crippen LogP contribution < -0.4 is 9.47 Å². The molecule has 0 spiro atoms. The second-order valence-electron chi connectivity index (χ2n) is 9.03. The van der Waals surface area contributed by atoms with Gasteiger partial charge in [-0.05, 0) is 42.7 Å². The second kappa shape index (κ2) is 7.82. The van der Waals surface area contributed by atoms with Crippen molar-refractivity contribution in [1.82, 2.24) is 9.88 Å². The van der Waals surface area contributed by atoms with Crippen molar-refractivity contribution >= 4 is 10.9 Å². The normalized spacial score (nSPS) is 29.9. The van der Waals surface area contributed by atoms with E-state index in [1.807, 2.05) is 6.07 Å². The highest BCUT2D eigenvalue weighted by Gasteiger charge is 2.52. The van der Waals surface area contributed by atoms with E-state index in [2.05, 4.69) is 29.8 Å². The van der Waals surface area contributed by atoms with Crippen molar-refractivity contribution in [3.8, 4) is 11.5 Å². The van der Waals surface area contributed by atoms with E-state index >= 15 is 0 Å². The summed E-state index contributed by atoms with van der Waals surface area (Å²) in [5.74, 6) is 2.23. The van der Waals surface area contributed by atoms with E-state index in [1.54, 1.807) is 14.2 Å². The molecule has 1 aromatic carbocycles. The van der Waals surface area contributed by atoms with Crippen molar-refractivity contribution < 1.29 is 19.7 Å². The first-order chi connectivity index (χ1) is 14.0. The van der Waals surface area contributed by atoms with Gasteiger partial charge in [0.2, 0.25) is 0 Å². The summed E-state index contributed by atoms with van der Waals surface area (Å²) in [7, 11) is 3.32. The zero-order valence-electron chi connectivity index (χ0n) is 18.0. The number of benzene rings is 1. The van der Waals surface area contributed by atoms with Gasteiger partial charge in [0.1, 0.15) is 0 Å². The number of hydrogen-bond donors (Lipinski definition) is 3. The van der Waals surface area contributed by atoms with Crippen molar-refractivity contribution in [2.75, 3.05) is 40.5 Å². The number of aliphatic hydroxyl groups is 2. The molecule has 0 amide bonds. The summed E-state index contributed by atoms with van der Waals surface area (Å²) in [6.45, 7) is 6.78. The van der Waals surface area contributed by atoms with Crippen LogP contribution >= 0.6 is 0 Å². The number of fused-ring (bicyclic) bond motifs is 6. The molecule has 4 rings (SSSR count). The number of aromatic amines is 1. The Bertz CT molecular complexity index is 879. The smallest absolute Gasteiger partial charge is 0.162 e. The largest absolute Gasteiger partial charge is 0.493 e. The molecule has 29 heavy (non-hydrogen) atoms. The molecule has 4 unspecified atom stereocenters. The number of aliphatic hydroxyl groups excluding tert-OH is 2. The molecule has 6 heteroatoms. The van der Waals surface area contributed by atoms with Crippen molar-refractivity contribution in [2.24, 2.45) is 11.8 Å². The molecule has 1 aromatic heterocycles. The van der Waals surface area contributed by atoms with Gasteiger partial charge in [-0.2, -0.15) is 0 Å². The highest BCUT2D eigenvalue weighted by Crippen LogP contribution is 2.49. The minimum Gasteiger partial charge on any atom is -0.493 e. The van der Waals surface area contributed by atoms with E-state index in [-0.39, 0.29) is 24.7 Å². The molecule has 6 nitrogen and oxygen atoms in total. The molecule has 1 saturated heterocycles. The molecule has 2 aromatic rings. The van der Waals surface area contributed by atoms with Crippen LogP contribution in [0.5, 0.6) is 11.5 Å². The van der Waals surface area contributed by atoms with Crippen LogP contribution in [-0.2, 0) is 11.8 Å². The zero-order chi connectivity index (χ0) is 20.8. The Kier molecular flexibility index (Phi) is 5.53. The number of piperidine rings is 1. The molecular formula is C23H34N2O4. The number of methoxy groups -OCH3 is 2. The van der Waals surface area contributed by atoms with Gasteiger partial charge in [0.25, 0.3) is 0 Å². The van der Waals surface area contributed by atoms with Crippen LogP contribution in [0.25, 0.3) is 10.9 Å². The Balaban J connectivity index is 1.94. The van der Waals surface area contributed by atoms with Crippen LogP contribution in [0.4, 0.5) is 0 Å². The van der Waals surface area contributed by atoms with Crippen molar-refractivity contribution in [2.45, 2.75) is 44.6 Å². The van der Waals surface area contributed by atoms with Crippen LogP contribution in [0.15, 0.2) is 12.1 Å². The maximum absolute atomic E-state index is 10.8. The Morgan fingerprint density at radius 3 is 2.62 bits per heavy atom. The summed E-state index contributed by atoms with van der Waals surface area (Å²) < 4.78 is 11.1. The van der Waals surface area contributed by atoms with Crippen LogP contribution in [0.2, 0.25) is 0 Å². The van der Waals surface area contributed by atoms with E-state index in [9.17, 15) is 10.2 Å². The van der Waals surface area contributed by atoms with Crippen LogP contribution in [-0.4, -0.2) is 66.7 Å². The molecule has 2 bridgehead atoms. The molecule has 160 valence electrons. The van der Waals surface area contributed by atoms with E-state index in [1.165, 1.54) is 5.56 Å². The Morgan fingerprint density at radius 2 is 1.97 bits per heavy atom. The lowest BCUT2D eigenvalue weighted by atomic mass is 9.64. The summed E-state index contributed by atoms with van der Waals surface area (Å²) in [4.78, 5) is 6.25. The number of ether oxygens (including phenoxy) is 2. The third-order valence-electron chi connectivity index (χ3n) is 7.18. The van der Waals surface area contributed by atoms with Gasteiger partial charge in [-0.15, -0.1) is 0 Å². The molecule has 3 heterocycles. The number of hydrogen-bond acceptors (Lipinski definition) is 5. The summed E-state index contributed by atoms with van der Waals surface area (Å²) in [6, 6.07) is 4.27. The van der Waals surface area contributed by atoms with Crippen LogP contribution in [0, 0.1) is 11.8 Å². The fraction of sp³-hybridized carbons (Fsp3) is 0.652. The van der Waals surface area contributed by atoms with E-state index in [0.29, 0.717) is 17.6 Å². The van der Waals surface area contributed by atoms with Gasteiger partial charge >= 0.3 is 0 Å². The number of nitrogens with one attached hydrogen (secondary N) is 1. The molecule has 0 aliphatic carbocycles. The topological polar surface area (TPSA) is 78.0 Å². The standard InChI is InChI=1S/C23H34N2O4/c1-14-11-23(13-27)21-16(5-7-25(12-14)22(23)15(2)6-8-26)17-9-19(28-3)20(29-4)10-18(17)24-21/h9-10,14-15,22,24,26-27H,5-8,11-13H2,1-4H3/t14-,15?,22?,23?/m0/s1. The average Bonchev–Trinajstić information content (AvgIpc) is 3.04. The molecule has 2 aliphatic heterocycles. The van der Waals surface area contributed by atoms with Crippen molar-refractivity contribution in [1.29, 1.82) is 0 Å². The van der Waals surface area contributed by atoms with Gasteiger partial charge in [0, 0.05) is 53.8 Å². The van der Waals surface area contributed by atoms with Gasteiger partial charge in [-0.1, -0.05) is 13.8 Å². The maximum Gasteiger partial charge on any atom is 0.162 e. The zero-order valence-corrected chi connectivity index (χ0v) is 18.0. The molecule has 0 saturated carbocycles. The molecule has 3 N–H and O–H groups in total. The Morgan fingerprint density at radius 1 is 1.24 bits per heavy atom. The number of nitrogens with zero attached hydrogens (tertiary/aromatic N) is 1. The maximum atomic E-state index is 10.8. The van der Waals surface area contributed by atoms with E-state index in [4.69, 9.17) is 9.47 Å². The molecular weight excluding hydrogens is 368 g/mol. The third kappa shape index (κ3) is 3.13. The van der Waals surface area contributed by atoms with Crippen LogP contribution in [0.1, 0.15) is 37.9 Å². The lowest BCUT2D eigenvalue weighted by Crippen LogP contribution is -2.61. The first kappa shape index (κ1) is 20.5.